The van der Waals surface area contributed by atoms with Crippen LogP contribution in [-0.4, -0.2) is 87.2 Å². The number of rotatable bonds is 8. The molecule has 2 aromatic heterocycles. The Hall–Kier alpha value is -2.62. The molecule has 1 aliphatic carbocycles. The molecule has 0 spiro atoms. The van der Waals surface area contributed by atoms with Crippen molar-refractivity contribution >= 4 is 17.0 Å². The Labute approximate surface area is 206 Å². The molecule has 1 aromatic carbocycles. The fourth-order valence-corrected chi connectivity index (χ4v) is 5.08. The summed E-state index contributed by atoms with van der Waals surface area (Å²) in [5, 5.41) is 19.1. The predicted molar refractivity (Wildman–Crippen MR) is 136 cm³/mol. The molecular formula is C26H36FN7O. The number of alkyl halides is 1. The number of aliphatic hydroxyl groups excluding tert-OH is 1. The van der Waals surface area contributed by atoms with Gasteiger partial charge >= 0.3 is 0 Å². The standard InChI is InChI=1S/C26H36FN7O/c1-32-13-15-33(16-14-32)18-19-3-5-20(6-4-19)24-23-17-29-26(28-12-2-11-27)30-25(23)34(31-24)21-7-9-22(35)10-8-21/h3-6,17,21-22,35H,2,7-16,18H2,1H3,(H,28,29,30). The SMILES string of the molecule is CN1CCN(Cc2ccc(-c3nn(C4CCC(O)CC4)c4nc(NCCCF)ncc34)cc2)CC1. The van der Waals surface area contributed by atoms with Crippen LogP contribution in [0.15, 0.2) is 30.5 Å². The van der Waals surface area contributed by atoms with Crippen molar-refractivity contribution in [2.75, 3.05) is 51.8 Å². The first-order valence-electron chi connectivity index (χ1n) is 12.8. The molecule has 0 radical (unpaired) electrons. The van der Waals surface area contributed by atoms with Crippen molar-refractivity contribution in [3.63, 3.8) is 0 Å². The van der Waals surface area contributed by atoms with Crippen LogP contribution in [0.3, 0.4) is 0 Å². The molecule has 3 heterocycles. The number of aromatic nitrogens is 4. The van der Waals surface area contributed by atoms with Crippen LogP contribution < -0.4 is 5.32 Å². The number of hydrogen-bond donors (Lipinski definition) is 2. The molecular weight excluding hydrogens is 445 g/mol. The van der Waals surface area contributed by atoms with Gasteiger partial charge in [-0.15, -0.1) is 0 Å². The largest absolute Gasteiger partial charge is 0.393 e. The van der Waals surface area contributed by atoms with Crippen LogP contribution in [-0.2, 0) is 6.54 Å². The van der Waals surface area contributed by atoms with Crippen LogP contribution in [0, 0.1) is 0 Å². The minimum absolute atomic E-state index is 0.194. The van der Waals surface area contributed by atoms with E-state index in [9.17, 15) is 9.50 Å². The lowest BCUT2D eigenvalue weighted by atomic mass is 9.93. The maximum absolute atomic E-state index is 12.5. The van der Waals surface area contributed by atoms with Crippen LogP contribution in [0.4, 0.5) is 10.3 Å². The van der Waals surface area contributed by atoms with E-state index in [1.54, 1.807) is 0 Å². The number of likely N-dealkylation sites (N-methyl/N-ethyl adjacent to an activating group) is 1. The summed E-state index contributed by atoms with van der Waals surface area (Å²) < 4.78 is 14.6. The molecule has 0 atom stereocenters. The van der Waals surface area contributed by atoms with Gasteiger partial charge in [-0.2, -0.15) is 10.1 Å². The molecule has 2 fully saturated rings. The molecule has 3 aromatic rings. The Bertz CT molecular complexity index is 1100. The number of halogens is 1. The van der Waals surface area contributed by atoms with Crippen LogP contribution in [0.2, 0.25) is 0 Å². The van der Waals surface area contributed by atoms with Gasteiger partial charge < -0.3 is 15.3 Å². The molecule has 0 bridgehead atoms. The molecule has 0 amide bonds. The molecule has 2 aliphatic rings. The minimum atomic E-state index is -0.369. The van der Waals surface area contributed by atoms with Crippen molar-refractivity contribution in [3.8, 4) is 11.3 Å². The number of nitrogens with one attached hydrogen (secondary N) is 1. The van der Waals surface area contributed by atoms with Crippen molar-refractivity contribution in [1.29, 1.82) is 0 Å². The fourth-order valence-electron chi connectivity index (χ4n) is 5.08. The molecule has 1 saturated heterocycles. The zero-order valence-electron chi connectivity index (χ0n) is 20.5. The fraction of sp³-hybridized carbons (Fsp3) is 0.577. The van der Waals surface area contributed by atoms with Crippen molar-refractivity contribution in [3.05, 3.63) is 36.0 Å². The summed E-state index contributed by atoms with van der Waals surface area (Å²) in [7, 11) is 2.18. The zero-order chi connectivity index (χ0) is 24.2. The Morgan fingerprint density at radius 3 is 2.51 bits per heavy atom. The third kappa shape index (κ3) is 5.63. The van der Waals surface area contributed by atoms with Gasteiger partial charge in [0.2, 0.25) is 5.95 Å². The third-order valence-corrected chi connectivity index (χ3v) is 7.28. The third-order valence-electron chi connectivity index (χ3n) is 7.28. The number of hydrogen-bond acceptors (Lipinski definition) is 7. The van der Waals surface area contributed by atoms with Gasteiger partial charge in [-0.3, -0.25) is 9.29 Å². The van der Waals surface area contributed by atoms with Crippen LogP contribution in [0.25, 0.3) is 22.3 Å². The lowest BCUT2D eigenvalue weighted by molar-refractivity contribution is 0.109. The Morgan fingerprint density at radius 2 is 1.80 bits per heavy atom. The average molecular weight is 482 g/mol. The number of benzene rings is 1. The number of aliphatic hydroxyl groups is 1. The zero-order valence-corrected chi connectivity index (χ0v) is 20.5. The Kier molecular flexibility index (Phi) is 7.55. The molecule has 5 rings (SSSR count). The van der Waals surface area contributed by atoms with E-state index in [1.165, 1.54) is 5.56 Å². The van der Waals surface area contributed by atoms with Gasteiger partial charge in [-0.25, -0.2) is 9.67 Å². The molecule has 188 valence electrons. The van der Waals surface area contributed by atoms with Gasteiger partial charge in [0, 0.05) is 51.0 Å². The predicted octanol–water partition coefficient (Wildman–Crippen LogP) is 3.49. The van der Waals surface area contributed by atoms with E-state index in [4.69, 9.17) is 10.1 Å². The van der Waals surface area contributed by atoms with Crippen molar-refractivity contribution in [1.82, 2.24) is 29.5 Å². The monoisotopic (exact) mass is 481 g/mol. The quantitative estimate of drug-likeness (QED) is 0.477. The maximum atomic E-state index is 12.5. The molecule has 8 nitrogen and oxygen atoms in total. The number of fused-ring (bicyclic) bond motifs is 1. The van der Waals surface area contributed by atoms with E-state index >= 15 is 0 Å². The lowest BCUT2D eigenvalue weighted by Crippen LogP contribution is -2.43. The van der Waals surface area contributed by atoms with Crippen molar-refractivity contribution in [2.45, 2.75) is 50.8 Å². The first-order chi connectivity index (χ1) is 17.1. The molecule has 1 saturated carbocycles. The maximum Gasteiger partial charge on any atom is 0.224 e. The highest BCUT2D eigenvalue weighted by molar-refractivity contribution is 5.91. The molecule has 1 aliphatic heterocycles. The van der Waals surface area contributed by atoms with Gasteiger partial charge in [0.1, 0.15) is 5.69 Å². The summed E-state index contributed by atoms with van der Waals surface area (Å²) in [4.78, 5) is 14.1. The van der Waals surface area contributed by atoms with E-state index in [1.807, 2.05) is 10.9 Å². The van der Waals surface area contributed by atoms with Crippen molar-refractivity contribution in [2.24, 2.45) is 0 Å². The highest BCUT2D eigenvalue weighted by Crippen LogP contribution is 2.34. The Balaban J connectivity index is 1.41. The second kappa shape index (κ2) is 11.0. The van der Waals surface area contributed by atoms with Crippen LogP contribution >= 0.6 is 0 Å². The highest BCUT2D eigenvalue weighted by atomic mass is 19.1. The van der Waals surface area contributed by atoms with E-state index in [2.05, 4.69) is 51.4 Å². The van der Waals surface area contributed by atoms with E-state index in [0.717, 1.165) is 80.7 Å². The summed E-state index contributed by atoms with van der Waals surface area (Å²) in [5.41, 5.74) is 4.03. The second-order valence-corrected chi connectivity index (χ2v) is 9.93. The summed E-state index contributed by atoms with van der Waals surface area (Å²) in [6, 6.07) is 8.89. The summed E-state index contributed by atoms with van der Waals surface area (Å²) in [5.74, 6) is 0.497. The second-order valence-electron chi connectivity index (χ2n) is 9.93. The Morgan fingerprint density at radius 1 is 1.06 bits per heavy atom. The minimum Gasteiger partial charge on any atom is -0.393 e. The summed E-state index contributed by atoms with van der Waals surface area (Å²) in [6.07, 6.45) is 5.31. The first kappa shape index (κ1) is 24.1. The molecule has 0 unspecified atom stereocenters. The van der Waals surface area contributed by atoms with Gasteiger partial charge in [0.15, 0.2) is 5.65 Å². The van der Waals surface area contributed by atoms with E-state index in [0.29, 0.717) is 18.9 Å². The van der Waals surface area contributed by atoms with Crippen molar-refractivity contribution < 1.29 is 9.50 Å². The first-order valence-corrected chi connectivity index (χ1v) is 12.8. The lowest BCUT2D eigenvalue weighted by Gasteiger charge is -2.32. The number of nitrogens with zero attached hydrogens (tertiary/aromatic N) is 6. The molecule has 35 heavy (non-hydrogen) atoms. The molecule has 2 N–H and O–H groups in total. The van der Waals surface area contributed by atoms with Crippen LogP contribution in [0.5, 0.6) is 0 Å². The summed E-state index contributed by atoms with van der Waals surface area (Å²) in [6.45, 7) is 5.52. The van der Waals surface area contributed by atoms with Gasteiger partial charge in [-0.1, -0.05) is 24.3 Å². The summed E-state index contributed by atoms with van der Waals surface area (Å²) >= 11 is 0. The van der Waals surface area contributed by atoms with Gasteiger partial charge in [0.25, 0.3) is 0 Å². The molecule has 9 heteroatoms. The normalized spacial score (nSPS) is 22.0. The number of anilines is 1. The van der Waals surface area contributed by atoms with E-state index < -0.39 is 0 Å². The average Bonchev–Trinajstić information content (AvgIpc) is 3.25. The topological polar surface area (TPSA) is 82.3 Å². The smallest absolute Gasteiger partial charge is 0.224 e. The van der Waals surface area contributed by atoms with Gasteiger partial charge in [-0.05, 0) is 44.7 Å². The van der Waals surface area contributed by atoms with E-state index in [-0.39, 0.29) is 18.8 Å². The van der Waals surface area contributed by atoms with Gasteiger partial charge in [0.05, 0.1) is 24.2 Å². The highest BCUT2D eigenvalue weighted by Gasteiger charge is 2.25. The van der Waals surface area contributed by atoms with Crippen LogP contribution in [0.1, 0.15) is 43.7 Å². The number of piperazine rings is 1.